The lowest BCUT2D eigenvalue weighted by Crippen LogP contribution is -2.70. The Labute approximate surface area is 260 Å². The first-order valence-electron chi connectivity index (χ1n) is 15.0. The van der Waals surface area contributed by atoms with Crippen molar-refractivity contribution in [2.75, 3.05) is 59.8 Å². The maximum Gasteiger partial charge on any atom is 0.259 e. The molecule has 4 unspecified atom stereocenters. The maximum atomic E-state index is 14.3. The zero-order valence-corrected chi connectivity index (χ0v) is 26.0. The van der Waals surface area contributed by atoms with E-state index in [1.54, 1.807) is 32.0 Å². The third kappa shape index (κ3) is 5.10. The van der Waals surface area contributed by atoms with Crippen molar-refractivity contribution in [3.63, 3.8) is 0 Å². The summed E-state index contributed by atoms with van der Waals surface area (Å²) in [5.74, 6) is -9.49. The first kappa shape index (κ1) is 32.6. The molecular formula is C31H41N5O9. The number of amides is 2. The number of benzene rings is 1. The number of aliphatic hydroxyl groups excluding tert-OH is 3. The number of nitrogens with one attached hydrogen (secondary N) is 2. The minimum atomic E-state index is -2.97. The Morgan fingerprint density at radius 2 is 1.71 bits per heavy atom. The lowest BCUT2D eigenvalue weighted by molar-refractivity contribution is -0.169. The molecular weight excluding hydrogens is 586 g/mol. The summed E-state index contributed by atoms with van der Waals surface area (Å²) in [6.45, 7) is 3.22. The number of phenolic OH excluding ortho intramolecular Hbond substituents is 1. The summed E-state index contributed by atoms with van der Waals surface area (Å²) < 4.78 is 0. The Morgan fingerprint density at radius 3 is 2.31 bits per heavy atom. The van der Waals surface area contributed by atoms with Gasteiger partial charge < -0.3 is 41.1 Å². The van der Waals surface area contributed by atoms with Gasteiger partial charge in [0.25, 0.3) is 5.91 Å². The molecule has 0 spiro atoms. The largest absolute Gasteiger partial charge is 0.508 e. The first-order valence-corrected chi connectivity index (χ1v) is 15.0. The molecule has 1 heterocycles. The SMILES string of the molecule is CC1c2ccc(NC(=O)CN(C)C)c(O)c2C(O)=C2C(=O)[C@]3(O)C(O)=C(C(=O)NCN4CCCC4)C(=O)[C@@H](N(C)C)C3C(O)C21. The van der Waals surface area contributed by atoms with E-state index in [1.807, 2.05) is 4.90 Å². The monoisotopic (exact) mass is 627 g/mol. The van der Waals surface area contributed by atoms with Gasteiger partial charge in [0.1, 0.15) is 22.8 Å². The van der Waals surface area contributed by atoms with Crippen LogP contribution in [0, 0.1) is 11.8 Å². The lowest BCUT2D eigenvalue weighted by Gasteiger charge is -2.53. The number of carbonyl (C=O) groups is 4. The molecule has 14 heteroatoms. The van der Waals surface area contributed by atoms with Crippen LogP contribution in [0.1, 0.15) is 36.8 Å². The number of rotatable bonds is 7. The maximum absolute atomic E-state index is 14.3. The number of hydrogen-bond donors (Lipinski definition) is 7. The van der Waals surface area contributed by atoms with E-state index in [4.69, 9.17) is 0 Å². The molecule has 14 nitrogen and oxygen atoms in total. The quantitative estimate of drug-likeness (QED) is 0.154. The molecule has 5 rings (SSSR count). The van der Waals surface area contributed by atoms with E-state index in [2.05, 4.69) is 10.6 Å². The van der Waals surface area contributed by atoms with Crippen molar-refractivity contribution in [1.82, 2.24) is 20.0 Å². The van der Waals surface area contributed by atoms with Crippen molar-refractivity contribution < 1.29 is 44.7 Å². The second-order valence-corrected chi connectivity index (χ2v) is 12.9. The second-order valence-electron chi connectivity index (χ2n) is 12.9. The van der Waals surface area contributed by atoms with Gasteiger partial charge in [-0.3, -0.25) is 29.0 Å². The fourth-order valence-corrected chi connectivity index (χ4v) is 7.39. The van der Waals surface area contributed by atoms with Crippen LogP contribution in [-0.2, 0) is 19.2 Å². The van der Waals surface area contributed by atoms with Gasteiger partial charge in [0.15, 0.2) is 11.4 Å². The number of aliphatic hydroxyl groups is 4. The summed E-state index contributed by atoms with van der Waals surface area (Å²) in [5, 5.41) is 63.3. The Bertz CT molecular complexity index is 1510. The molecule has 0 aromatic heterocycles. The predicted octanol–water partition coefficient (Wildman–Crippen LogP) is -0.320. The standard InChI is InChI=1S/C31H41N5O9/c1-14-15-8-9-16(33-17(37)12-34(2)3)24(38)19(15)25(39)20-18(14)26(40)22-23(35(4)5)27(41)21(29(43)31(22,45)28(20)42)30(44)32-13-36-10-6-7-11-36/h8-9,14,18,22-23,26,38-40,43,45H,6-7,10-13H2,1-5H3,(H,32,44)(H,33,37)/t14?,18?,22?,23-,26?,31-/m0/s1. The van der Waals surface area contributed by atoms with Gasteiger partial charge in [-0.05, 0) is 71.7 Å². The van der Waals surface area contributed by atoms with E-state index in [-0.39, 0.29) is 24.5 Å². The van der Waals surface area contributed by atoms with Crippen molar-refractivity contribution in [3.8, 4) is 5.75 Å². The van der Waals surface area contributed by atoms with E-state index in [9.17, 15) is 44.7 Å². The van der Waals surface area contributed by atoms with E-state index in [0.717, 1.165) is 25.9 Å². The molecule has 244 valence electrons. The number of carbonyl (C=O) groups excluding carboxylic acids is 4. The Hall–Kier alpha value is -3.82. The molecule has 1 aromatic carbocycles. The zero-order valence-electron chi connectivity index (χ0n) is 26.0. The highest BCUT2D eigenvalue weighted by Crippen LogP contribution is 2.56. The summed E-state index contributed by atoms with van der Waals surface area (Å²) in [7, 11) is 6.37. The molecule has 4 aliphatic rings. The lowest BCUT2D eigenvalue weighted by atomic mass is 9.54. The van der Waals surface area contributed by atoms with Gasteiger partial charge in [-0.2, -0.15) is 0 Å². The van der Waals surface area contributed by atoms with Crippen LogP contribution in [0.5, 0.6) is 5.75 Å². The van der Waals surface area contributed by atoms with Crippen LogP contribution in [0.15, 0.2) is 29.0 Å². The van der Waals surface area contributed by atoms with Crippen molar-refractivity contribution in [1.29, 1.82) is 0 Å². The average Bonchev–Trinajstić information content (AvgIpc) is 3.48. The van der Waals surface area contributed by atoms with Crippen molar-refractivity contribution in [2.24, 2.45) is 11.8 Å². The van der Waals surface area contributed by atoms with Crippen LogP contribution in [-0.4, -0.2) is 136 Å². The van der Waals surface area contributed by atoms with Crippen LogP contribution in [0.4, 0.5) is 5.69 Å². The van der Waals surface area contributed by atoms with Crippen LogP contribution in [0.3, 0.4) is 0 Å². The normalized spacial score (nSPS) is 30.0. The fraction of sp³-hybridized carbons (Fsp3) is 0.548. The van der Waals surface area contributed by atoms with Gasteiger partial charge in [0.2, 0.25) is 11.7 Å². The molecule has 2 fully saturated rings. The highest BCUT2D eigenvalue weighted by molar-refractivity contribution is 6.25. The molecule has 1 aliphatic heterocycles. The highest BCUT2D eigenvalue weighted by Gasteiger charge is 2.68. The zero-order chi connectivity index (χ0) is 33.1. The Balaban J connectivity index is 1.63. The number of aromatic hydroxyl groups is 1. The number of Topliss-reactive ketones (excluding diaryl/α,β-unsaturated/α-hetero) is 2. The van der Waals surface area contributed by atoms with Crippen LogP contribution in [0.2, 0.25) is 0 Å². The van der Waals surface area contributed by atoms with Crippen molar-refractivity contribution >= 4 is 34.8 Å². The second kappa shape index (κ2) is 11.8. The molecule has 3 aliphatic carbocycles. The number of phenols is 1. The predicted molar refractivity (Wildman–Crippen MR) is 162 cm³/mol. The average molecular weight is 628 g/mol. The molecule has 6 atom stereocenters. The molecule has 0 radical (unpaired) electrons. The topological polar surface area (TPSA) is 203 Å². The molecule has 7 N–H and O–H groups in total. The smallest absolute Gasteiger partial charge is 0.259 e. The Morgan fingerprint density at radius 1 is 1.07 bits per heavy atom. The third-order valence-corrected chi connectivity index (χ3v) is 9.51. The minimum Gasteiger partial charge on any atom is -0.508 e. The summed E-state index contributed by atoms with van der Waals surface area (Å²) in [6.07, 6.45) is 0.225. The van der Waals surface area contributed by atoms with Crippen molar-refractivity contribution in [2.45, 2.75) is 43.4 Å². The van der Waals surface area contributed by atoms with Gasteiger partial charge in [-0.1, -0.05) is 13.0 Å². The molecule has 45 heavy (non-hydrogen) atoms. The Kier molecular flexibility index (Phi) is 8.57. The van der Waals surface area contributed by atoms with E-state index in [0.29, 0.717) is 5.56 Å². The number of likely N-dealkylation sites (N-methyl/N-ethyl adjacent to an activating group) is 2. The summed E-state index contributed by atoms with van der Waals surface area (Å²) in [6, 6.07) is 1.60. The number of ketones is 2. The van der Waals surface area contributed by atoms with Crippen molar-refractivity contribution in [3.05, 3.63) is 40.2 Å². The molecule has 2 amide bonds. The third-order valence-electron chi connectivity index (χ3n) is 9.51. The highest BCUT2D eigenvalue weighted by atomic mass is 16.4. The molecule has 0 bridgehead atoms. The van der Waals surface area contributed by atoms with Gasteiger partial charge in [0.05, 0.1) is 42.5 Å². The minimum absolute atomic E-state index is 0.00644. The number of anilines is 1. The molecule has 1 aromatic rings. The van der Waals surface area contributed by atoms with E-state index < -0.39 is 87.3 Å². The van der Waals surface area contributed by atoms with E-state index in [1.165, 1.54) is 25.1 Å². The molecule has 1 saturated carbocycles. The summed E-state index contributed by atoms with van der Waals surface area (Å²) in [4.78, 5) is 58.8. The van der Waals surface area contributed by atoms with Crippen LogP contribution in [0.25, 0.3) is 5.76 Å². The number of hydrogen-bond acceptors (Lipinski definition) is 12. The summed E-state index contributed by atoms with van der Waals surface area (Å²) >= 11 is 0. The number of nitrogens with zero attached hydrogens (tertiary/aromatic N) is 3. The molecule has 1 saturated heterocycles. The van der Waals surface area contributed by atoms with Crippen LogP contribution < -0.4 is 10.6 Å². The first-order chi connectivity index (χ1) is 21.1. The van der Waals surface area contributed by atoms with Gasteiger partial charge in [-0.25, -0.2) is 0 Å². The number of likely N-dealkylation sites (tertiary alicyclic amines) is 1. The van der Waals surface area contributed by atoms with Gasteiger partial charge in [-0.15, -0.1) is 0 Å². The van der Waals surface area contributed by atoms with Gasteiger partial charge in [0, 0.05) is 11.5 Å². The number of fused-ring (bicyclic) bond motifs is 3. The summed E-state index contributed by atoms with van der Waals surface area (Å²) in [5.41, 5.74) is -4.09. The van der Waals surface area contributed by atoms with E-state index >= 15 is 0 Å². The van der Waals surface area contributed by atoms with Gasteiger partial charge >= 0.3 is 0 Å². The van der Waals surface area contributed by atoms with Crippen LogP contribution >= 0.6 is 0 Å². The fourth-order valence-electron chi connectivity index (χ4n) is 7.39.